The molecule has 0 aromatic heterocycles. The molecular weight excluding hydrogens is 204 g/mol. The first-order valence-electron chi connectivity index (χ1n) is 3.89. The molecule has 76 valence electrons. The summed E-state index contributed by atoms with van der Waals surface area (Å²) in [5.74, 6) is -0.650. The first-order chi connectivity index (χ1) is 6.65. The van der Waals surface area contributed by atoms with Crippen molar-refractivity contribution in [3.8, 4) is 0 Å². The number of carbonyl (C=O) groups excluding carboxylic acids is 1. The highest BCUT2D eigenvalue weighted by molar-refractivity contribution is 7.75. The molecule has 0 aliphatic heterocycles. The van der Waals surface area contributed by atoms with E-state index in [0.29, 0.717) is 5.56 Å². The molecule has 0 amide bonds. The van der Waals surface area contributed by atoms with Crippen molar-refractivity contribution in [2.75, 3.05) is 7.11 Å². The van der Waals surface area contributed by atoms with E-state index in [4.69, 9.17) is 0 Å². The Morgan fingerprint density at radius 1 is 1.36 bits per heavy atom. The van der Waals surface area contributed by atoms with Crippen LogP contribution < -0.4 is 0 Å². The molecule has 0 aliphatic carbocycles. The molecule has 0 aliphatic rings. The lowest BCUT2D eigenvalue weighted by atomic mass is 10.1. The van der Waals surface area contributed by atoms with E-state index in [1.807, 2.05) is 0 Å². The van der Waals surface area contributed by atoms with E-state index in [0.717, 1.165) is 5.56 Å². The Morgan fingerprint density at radius 3 is 2.57 bits per heavy atom. The van der Waals surface area contributed by atoms with Crippen LogP contribution in [0.4, 0.5) is 0 Å². The van der Waals surface area contributed by atoms with Crippen molar-refractivity contribution in [2.45, 2.75) is 6.92 Å². The number of carbonyl (C=O) groups is 1. The lowest BCUT2D eigenvalue weighted by Gasteiger charge is -2.03. The summed E-state index contributed by atoms with van der Waals surface area (Å²) in [7, 11) is 1.20. The summed E-state index contributed by atoms with van der Waals surface area (Å²) in [6.07, 6.45) is 0. The number of rotatable bonds is 3. The van der Waals surface area contributed by atoms with Gasteiger partial charge in [0.2, 0.25) is 0 Å². The molecule has 0 bridgehead atoms. The second kappa shape index (κ2) is 4.88. The minimum absolute atomic E-state index is 0.387. The molecule has 0 saturated carbocycles. The average molecular weight is 214 g/mol. The summed E-state index contributed by atoms with van der Waals surface area (Å²) in [6, 6.07) is 6.88. The fourth-order valence-corrected chi connectivity index (χ4v) is 1.22. The maximum atomic E-state index is 11.3. The summed E-state index contributed by atoms with van der Waals surface area (Å²) in [5.41, 5.74) is 1.16. The fourth-order valence-electron chi connectivity index (χ4n) is 0.943. The van der Waals surface area contributed by atoms with Crippen LogP contribution in [0.2, 0.25) is 0 Å². The minimum atomic E-state index is -2.02. The Bertz CT molecular complexity index is 362. The topological polar surface area (TPSA) is 52.6 Å². The van der Waals surface area contributed by atoms with Crippen molar-refractivity contribution in [1.82, 2.24) is 0 Å². The van der Waals surface area contributed by atoms with Gasteiger partial charge in [0.05, 0.1) is 12.7 Å². The van der Waals surface area contributed by atoms with Gasteiger partial charge in [-0.15, -0.1) is 0 Å². The van der Waals surface area contributed by atoms with E-state index in [1.165, 1.54) is 7.11 Å². The van der Waals surface area contributed by atoms with Gasteiger partial charge >= 0.3 is 17.3 Å². The minimum Gasteiger partial charge on any atom is -0.339 e. The molecule has 14 heavy (non-hydrogen) atoms. The maximum Gasteiger partial charge on any atom is 0.362 e. The number of hydrogen-bond acceptors (Lipinski definition) is 4. The van der Waals surface area contributed by atoms with Gasteiger partial charge in [-0.3, -0.25) is 4.18 Å². The van der Waals surface area contributed by atoms with Gasteiger partial charge in [0, 0.05) is 0 Å². The average Bonchev–Trinajstić information content (AvgIpc) is 2.18. The first kappa shape index (κ1) is 10.9. The number of aryl methyl sites for hydroxylation is 1. The van der Waals surface area contributed by atoms with E-state index in [2.05, 4.69) is 8.37 Å². The predicted octanol–water partition coefficient (Wildman–Crippen LogP) is 1.38. The van der Waals surface area contributed by atoms with Gasteiger partial charge in [0.25, 0.3) is 0 Å². The quantitative estimate of drug-likeness (QED) is 0.762. The smallest absolute Gasteiger partial charge is 0.339 e. The Hall–Kier alpha value is -1.20. The molecule has 0 spiro atoms. The molecule has 1 unspecified atom stereocenters. The summed E-state index contributed by atoms with van der Waals surface area (Å²) in [4.78, 5) is 11.3. The van der Waals surface area contributed by atoms with Crippen LogP contribution in [0, 0.1) is 6.92 Å². The largest absolute Gasteiger partial charge is 0.362 e. The Morgan fingerprint density at radius 2 is 2.00 bits per heavy atom. The molecule has 4 nitrogen and oxygen atoms in total. The van der Waals surface area contributed by atoms with E-state index in [-0.39, 0.29) is 0 Å². The second-order valence-electron chi connectivity index (χ2n) is 2.56. The monoisotopic (exact) mass is 214 g/mol. The van der Waals surface area contributed by atoms with Crippen LogP contribution in [0.25, 0.3) is 0 Å². The Balaban J connectivity index is 2.80. The zero-order valence-electron chi connectivity index (χ0n) is 7.85. The maximum absolute atomic E-state index is 11.3. The van der Waals surface area contributed by atoms with Crippen LogP contribution in [-0.2, 0) is 19.7 Å². The summed E-state index contributed by atoms with van der Waals surface area (Å²) in [5, 5.41) is 0. The van der Waals surface area contributed by atoms with Gasteiger partial charge in [-0.05, 0) is 18.6 Å². The third-order valence-electron chi connectivity index (χ3n) is 1.64. The van der Waals surface area contributed by atoms with Gasteiger partial charge < -0.3 is 4.18 Å². The highest BCUT2D eigenvalue weighted by atomic mass is 32.2. The number of hydrogen-bond donors (Lipinski definition) is 0. The Labute approximate surface area is 84.7 Å². The molecule has 0 radical (unpaired) electrons. The fraction of sp³-hybridized carbons (Fsp3) is 0.222. The summed E-state index contributed by atoms with van der Waals surface area (Å²) in [6.45, 7) is 1.77. The van der Waals surface area contributed by atoms with Crippen LogP contribution in [0.3, 0.4) is 0 Å². The van der Waals surface area contributed by atoms with E-state index in [1.54, 1.807) is 31.2 Å². The zero-order valence-corrected chi connectivity index (χ0v) is 8.67. The van der Waals surface area contributed by atoms with Gasteiger partial charge in [-0.25, -0.2) is 4.79 Å². The van der Waals surface area contributed by atoms with Crippen LogP contribution in [0.1, 0.15) is 15.9 Å². The number of benzene rings is 1. The normalized spacial score (nSPS) is 12.1. The third-order valence-corrected chi connectivity index (χ3v) is 2.20. The van der Waals surface area contributed by atoms with E-state index in [9.17, 15) is 9.00 Å². The third kappa shape index (κ3) is 2.65. The highest BCUT2D eigenvalue weighted by Gasteiger charge is 2.13. The zero-order chi connectivity index (χ0) is 10.6. The molecule has 5 heteroatoms. The Kier molecular flexibility index (Phi) is 3.79. The highest BCUT2D eigenvalue weighted by Crippen LogP contribution is 2.09. The van der Waals surface area contributed by atoms with Gasteiger partial charge in [-0.2, -0.15) is 4.21 Å². The van der Waals surface area contributed by atoms with Crippen LogP contribution in [0.5, 0.6) is 0 Å². The van der Waals surface area contributed by atoms with E-state index >= 15 is 0 Å². The van der Waals surface area contributed by atoms with E-state index < -0.39 is 17.3 Å². The van der Waals surface area contributed by atoms with Gasteiger partial charge in [-0.1, -0.05) is 18.2 Å². The molecule has 1 aromatic carbocycles. The van der Waals surface area contributed by atoms with Crippen molar-refractivity contribution in [2.24, 2.45) is 0 Å². The van der Waals surface area contributed by atoms with Crippen LogP contribution >= 0.6 is 0 Å². The molecule has 0 heterocycles. The molecule has 0 fully saturated rings. The predicted molar refractivity (Wildman–Crippen MR) is 51.7 cm³/mol. The van der Waals surface area contributed by atoms with Crippen molar-refractivity contribution in [1.29, 1.82) is 0 Å². The van der Waals surface area contributed by atoms with Crippen molar-refractivity contribution >= 4 is 17.3 Å². The lowest BCUT2D eigenvalue weighted by molar-refractivity contribution is 0.0737. The van der Waals surface area contributed by atoms with Crippen LogP contribution in [0.15, 0.2) is 24.3 Å². The molecule has 0 N–H and O–H groups in total. The summed E-state index contributed by atoms with van der Waals surface area (Å²) < 4.78 is 19.5. The van der Waals surface area contributed by atoms with Crippen molar-refractivity contribution in [3.63, 3.8) is 0 Å². The van der Waals surface area contributed by atoms with Crippen molar-refractivity contribution < 1.29 is 17.4 Å². The lowest BCUT2D eigenvalue weighted by Crippen LogP contribution is -2.09. The molecular formula is C9H10O4S. The molecule has 1 rings (SSSR count). The van der Waals surface area contributed by atoms with Gasteiger partial charge in [0.1, 0.15) is 0 Å². The molecule has 0 saturated heterocycles. The van der Waals surface area contributed by atoms with Crippen molar-refractivity contribution in [3.05, 3.63) is 35.4 Å². The molecule has 1 aromatic rings. The summed E-state index contributed by atoms with van der Waals surface area (Å²) >= 11 is -2.02. The van der Waals surface area contributed by atoms with Crippen LogP contribution in [-0.4, -0.2) is 17.3 Å². The second-order valence-corrected chi connectivity index (χ2v) is 3.46. The standard InChI is InChI=1S/C9H10O4S/c1-7-5-3-4-6-8(7)9(10)13-14(11)12-2/h3-6H,1-2H3. The SMILES string of the molecule is COS(=O)OC(=O)c1ccccc1C. The van der Waals surface area contributed by atoms with Gasteiger partial charge in [0.15, 0.2) is 0 Å². The first-order valence-corrected chi connectivity index (χ1v) is 4.89. The molecule has 1 atom stereocenters.